The molecule has 0 bridgehead atoms. The van der Waals surface area contributed by atoms with Crippen LogP contribution >= 0.6 is 0 Å². The molecular weight excluding hydrogens is 344 g/mol. The maximum atomic E-state index is 12.8. The topological polar surface area (TPSA) is 86.7 Å². The number of carbonyl (C=O) groups excluding carboxylic acids is 2. The Bertz CT molecular complexity index is 878. The summed E-state index contributed by atoms with van der Waals surface area (Å²) in [5.74, 6) is -1.30. The largest absolute Gasteiger partial charge is 0.481 e. The van der Waals surface area contributed by atoms with E-state index in [1.807, 2.05) is 31.2 Å². The van der Waals surface area contributed by atoms with Gasteiger partial charge in [0.15, 0.2) is 0 Å². The third-order valence-corrected chi connectivity index (χ3v) is 4.74. The summed E-state index contributed by atoms with van der Waals surface area (Å²) in [7, 11) is 0. The molecule has 0 aliphatic carbocycles. The standard InChI is InChI=1S/C21H22N2O4/c1-14-6-2-3-9-17(14)18(13-20(25)26)22-21(27)15-7-4-8-16(12-15)23-11-5-10-19(23)24/h2-4,6-9,12,18H,5,10-11,13H2,1H3,(H,22,27)(H,25,26)/t18-/m0/s1. The number of anilines is 1. The van der Waals surface area contributed by atoms with Gasteiger partial charge in [0.2, 0.25) is 5.91 Å². The zero-order valence-corrected chi connectivity index (χ0v) is 15.1. The quantitative estimate of drug-likeness (QED) is 0.823. The molecule has 1 aliphatic rings. The second-order valence-electron chi connectivity index (χ2n) is 6.68. The van der Waals surface area contributed by atoms with Crippen molar-refractivity contribution in [2.24, 2.45) is 0 Å². The van der Waals surface area contributed by atoms with E-state index in [2.05, 4.69) is 5.32 Å². The third kappa shape index (κ3) is 4.34. The van der Waals surface area contributed by atoms with Crippen molar-refractivity contribution in [3.05, 3.63) is 65.2 Å². The van der Waals surface area contributed by atoms with Gasteiger partial charge in [0.05, 0.1) is 12.5 Å². The van der Waals surface area contributed by atoms with Crippen LogP contribution in [0.5, 0.6) is 0 Å². The van der Waals surface area contributed by atoms with Gasteiger partial charge in [0.25, 0.3) is 5.91 Å². The maximum absolute atomic E-state index is 12.8. The summed E-state index contributed by atoms with van der Waals surface area (Å²) in [4.78, 5) is 37.7. The van der Waals surface area contributed by atoms with Gasteiger partial charge >= 0.3 is 5.97 Å². The number of carboxylic acids is 1. The first kappa shape index (κ1) is 18.6. The van der Waals surface area contributed by atoms with Crippen molar-refractivity contribution in [1.82, 2.24) is 5.32 Å². The number of carbonyl (C=O) groups is 3. The van der Waals surface area contributed by atoms with Gasteiger partial charge in [0, 0.05) is 24.2 Å². The van der Waals surface area contributed by atoms with E-state index in [9.17, 15) is 19.5 Å². The van der Waals surface area contributed by atoms with Crippen LogP contribution in [-0.4, -0.2) is 29.4 Å². The Balaban J connectivity index is 1.82. The lowest BCUT2D eigenvalue weighted by molar-refractivity contribution is -0.137. The van der Waals surface area contributed by atoms with E-state index in [1.165, 1.54) is 0 Å². The lowest BCUT2D eigenvalue weighted by Crippen LogP contribution is -2.31. The molecule has 0 unspecified atom stereocenters. The highest BCUT2D eigenvalue weighted by Gasteiger charge is 2.24. The van der Waals surface area contributed by atoms with Crippen LogP contribution in [0.1, 0.15) is 46.8 Å². The predicted molar refractivity (Wildman–Crippen MR) is 102 cm³/mol. The number of rotatable bonds is 6. The highest BCUT2D eigenvalue weighted by atomic mass is 16.4. The van der Waals surface area contributed by atoms with Crippen LogP contribution in [0.15, 0.2) is 48.5 Å². The fraction of sp³-hybridized carbons (Fsp3) is 0.286. The van der Waals surface area contributed by atoms with Gasteiger partial charge in [-0.15, -0.1) is 0 Å². The Kier molecular flexibility index (Phi) is 5.54. The lowest BCUT2D eigenvalue weighted by atomic mass is 9.98. The Morgan fingerprint density at radius 1 is 1.19 bits per heavy atom. The molecule has 1 heterocycles. The zero-order chi connectivity index (χ0) is 19.4. The Hall–Kier alpha value is -3.15. The van der Waals surface area contributed by atoms with Gasteiger partial charge in [0.1, 0.15) is 0 Å². The molecule has 2 amide bonds. The van der Waals surface area contributed by atoms with E-state index < -0.39 is 12.0 Å². The minimum absolute atomic E-state index is 0.0521. The maximum Gasteiger partial charge on any atom is 0.305 e. The number of hydrogen-bond acceptors (Lipinski definition) is 3. The van der Waals surface area contributed by atoms with Crippen molar-refractivity contribution >= 4 is 23.5 Å². The number of carboxylic acid groups (broad SMARTS) is 1. The summed E-state index contributed by atoms with van der Waals surface area (Å²) >= 11 is 0. The van der Waals surface area contributed by atoms with Crippen molar-refractivity contribution in [3.63, 3.8) is 0 Å². The molecule has 0 spiro atoms. The highest BCUT2D eigenvalue weighted by Crippen LogP contribution is 2.24. The van der Waals surface area contributed by atoms with E-state index in [0.29, 0.717) is 24.2 Å². The third-order valence-electron chi connectivity index (χ3n) is 4.74. The van der Waals surface area contributed by atoms with Crippen LogP contribution in [-0.2, 0) is 9.59 Å². The molecule has 6 nitrogen and oxygen atoms in total. The molecule has 1 atom stereocenters. The highest BCUT2D eigenvalue weighted by molar-refractivity contribution is 5.99. The van der Waals surface area contributed by atoms with Crippen LogP contribution in [0.4, 0.5) is 5.69 Å². The molecule has 1 aliphatic heterocycles. The van der Waals surface area contributed by atoms with Crippen LogP contribution in [0.25, 0.3) is 0 Å². The molecule has 1 saturated heterocycles. The normalized spacial score (nSPS) is 14.9. The van der Waals surface area contributed by atoms with Crippen molar-refractivity contribution in [3.8, 4) is 0 Å². The molecule has 140 valence electrons. The molecule has 1 fully saturated rings. The van der Waals surface area contributed by atoms with E-state index in [1.54, 1.807) is 29.2 Å². The first-order chi connectivity index (χ1) is 13.0. The second-order valence-corrected chi connectivity index (χ2v) is 6.68. The molecule has 0 aromatic heterocycles. The Labute approximate surface area is 157 Å². The summed E-state index contributed by atoms with van der Waals surface area (Å²) < 4.78 is 0. The summed E-state index contributed by atoms with van der Waals surface area (Å²) in [6.45, 7) is 2.53. The monoisotopic (exact) mass is 366 g/mol. The van der Waals surface area contributed by atoms with Crippen molar-refractivity contribution in [2.45, 2.75) is 32.2 Å². The first-order valence-corrected chi connectivity index (χ1v) is 8.94. The van der Waals surface area contributed by atoms with Crippen LogP contribution < -0.4 is 10.2 Å². The first-order valence-electron chi connectivity index (χ1n) is 8.94. The average molecular weight is 366 g/mol. The van der Waals surface area contributed by atoms with Crippen LogP contribution in [0, 0.1) is 6.92 Å². The summed E-state index contributed by atoms with van der Waals surface area (Å²) in [6, 6.07) is 13.6. The fourth-order valence-corrected chi connectivity index (χ4v) is 3.37. The minimum Gasteiger partial charge on any atom is -0.481 e. The SMILES string of the molecule is Cc1ccccc1[C@H](CC(=O)O)NC(=O)c1cccc(N2CCCC2=O)c1. The summed E-state index contributed by atoms with van der Waals surface area (Å²) in [5.41, 5.74) is 2.78. The molecular formula is C21H22N2O4. The van der Waals surface area contributed by atoms with E-state index >= 15 is 0 Å². The van der Waals surface area contributed by atoms with Gasteiger partial charge in [-0.1, -0.05) is 30.3 Å². The van der Waals surface area contributed by atoms with Crippen molar-refractivity contribution in [1.29, 1.82) is 0 Å². The van der Waals surface area contributed by atoms with Crippen LogP contribution in [0.3, 0.4) is 0 Å². The average Bonchev–Trinajstić information content (AvgIpc) is 3.07. The number of nitrogens with one attached hydrogen (secondary N) is 1. The van der Waals surface area contributed by atoms with Crippen LogP contribution in [0.2, 0.25) is 0 Å². The van der Waals surface area contributed by atoms with E-state index in [-0.39, 0.29) is 18.2 Å². The summed E-state index contributed by atoms with van der Waals surface area (Å²) in [5, 5.41) is 12.1. The summed E-state index contributed by atoms with van der Waals surface area (Å²) in [6.07, 6.45) is 1.12. The number of benzene rings is 2. The van der Waals surface area contributed by atoms with Gasteiger partial charge < -0.3 is 15.3 Å². The van der Waals surface area contributed by atoms with Gasteiger partial charge in [-0.2, -0.15) is 0 Å². The van der Waals surface area contributed by atoms with Crippen molar-refractivity contribution in [2.75, 3.05) is 11.4 Å². The zero-order valence-electron chi connectivity index (χ0n) is 15.1. The molecule has 6 heteroatoms. The van der Waals surface area contributed by atoms with E-state index in [4.69, 9.17) is 0 Å². The molecule has 2 N–H and O–H groups in total. The molecule has 3 rings (SSSR count). The molecule has 2 aromatic rings. The van der Waals surface area contributed by atoms with E-state index in [0.717, 1.165) is 17.5 Å². The number of aryl methyl sites for hydroxylation is 1. The van der Waals surface area contributed by atoms with Gasteiger partial charge in [-0.25, -0.2) is 0 Å². The number of nitrogens with zero attached hydrogens (tertiary/aromatic N) is 1. The fourth-order valence-electron chi connectivity index (χ4n) is 3.37. The number of aliphatic carboxylic acids is 1. The molecule has 0 radical (unpaired) electrons. The van der Waals surface area contributed by atoms with Crippen molar-refractivity contribution < 1.29 is 19.5 Å². The number of hydrogen-bond donors (Lipinski definition) is 2. The smallest absolute Gasteiger partial charge is 0.305 e. The van der Waals surface area contributed by atoms with Gasteiger partial charge in [-0.3, -0.25) is 14.4 Å². The second kappa shape index (κ2) is 8.03. The van der Waals surface area contributed by atoms with Gasteiger partial charge in [-0.05, 0) is 42.7 Å². The number of amides is 2. The molecule has 2 aromatic carbocycles. The Morgan fingerprint density at radius 3 is 2.63 bits per heavy atom. The Morgan fingerprint density at radius 2 is 1.96 bits per heavy atom. The predicted octanol–water partition coefficient (Wildman–Crippen LogP) is 3.07. The molecule has 0 saturated carbocycles. The minimum atomic E-state index is -0.986. The lowest BCUT2D eigenvalue weighted by Gasteiger charge is -2.20. The molecule has 27 heavy (non-hydrogen) atoms.